The van der Waals surface area contributed by atoms with Crippen molar-refractivity contribution in [1.29, 1.82) is 0 Å². The number of aromatic nitrogens is 1. The van der Waals surface area contributed by atoms with E-state index in [2.05, 4.69) is 19.9 Å². The number of benzene rings is 1. The van der Waals surface area contributed by atoms with Gasteiger partial charge >= 0.3 is 0 Å². The molecule has 2 N–H and O–H groups in total. The Morgan fingerprint density at radius 2 is 2.27 bits per heavy atom. The second-order valence-corrected chi connectivity index (χ2v) is 8.76. The highest BCUT2D eigenvalue weighted by Gasteiger charge is 2.26. The van der Waals surface area contributed by atoms with Crippen molar-refractivity contribution in [3.8, 4) is 0 Å². The maximum atomic E-state index is 13.1. The Kier molecular flexibility index (Phi) is 5.76. The fraction of sp³-hybridized carbons (Fsp3) is 0.333. The molecule has 1 unspecified atom stereocenters. The van der Waals surface area contributed by atoms with Crippen LogP contribution in [0.25, 0.3) is 0 Å². The topological polar surface area (TPSA) is 91.4 Å². The molecule has 11 heteroatoms. The lowest BCUT2D eigenvalue weighted by molar-refractivity contribution is -0.120. The monoisotopic (exact) mass is 418 g/mol. The van der Waals surface area contributed by atoms with Crippen molar-refractivity contribution in [2.24, 2.45) is 0 Å². The van der Waals surface area contributed by atoms with Crippen LogP contribution in [-0.4, -0.2) is 45.0 Å². The second-order valence-electron chi connectivity index (χ2n) is 5.71. The zero-order valence-electron chi connectivity index (χ0n) is 13.5. The van der Waals surface area contributed by atoms with Gasteiger partial charge < -0.3 is 10.2 Å². The lowest BCUT2D eigenvalue weighted by Gasteiger charge is -2.16. The van der Waals surface area contributed by atoms with E-state index in [0.717, 1.165) is 36.3 Å². The number of nitrogens with one attached hydrogen (secondary N) is 2. The van der Waals surface area contributed by atoms with Crippen molar-refractivity contribution >= 4 is 44.0 Å². The van der Waals surface area contributed by atoms with Gasteiger partial charge in [-0.3, -0.25) is 4.79 Å². The van der Waals surface area contributed by atoms with Crippen LogP contribution in [0, 0.1) is 5.82 Å². The van der Waals surface area contributed by atoms with Gasteiger partial charge in [-0.25, -0.2) is 22.5 Å². The molecule has 1 aliphatic rings. The van der Waals surface area contributed by atoms with Gasteiger partial charge in [0.05, 0.1) is 16.5 Å². The lowest BCUT2D eigenvalue weighted by Crippen LogP contribution is -2.43. The first-order valence-corrected chi connectivity index (χ1v) is 10.5. The minimum absolute atomic E-state index is 0.0730. The molecule has 0 saturated carbocycles. The van der Waals surface area contributed by atoms with E-state index < -0.39 is 28.3 Å². The molecule has 0 aliphatic carbocycles. The molecule has 1 aliphatic heterocycles. The Morgan fingerprint density at radius 1 is 1.46 bits per heavy atom. The molecule has 26 heavy (non-hydrogen) atoms. The number of sulfonamides is 1. The molecule has 1 atom stereocenters. The summed E-state index contributed by atoms with van der Waals surface area (Å²) in [6.45, 7) is 0.989. The molecule has 0 bridgehead atoms. The summed E-state index contributed by atoms with van der Waals surface area (Å²) < 4.78 is 39.6. The van der Waals surface area contributed by atoms with Crippen LogP contribution in [0.15, 0.2) is 34.7 Å². The summed E-state index contributed by atoms with van der Waals surface area (Å²) >= 11 is 7.12. The molecule has 1 aromatic heterocycles. The molecule has 1 saturated heterocycles. The Morgan fingerprint density at radius 3 is 2.96 bits per heavy atom. The molecule has 3 rings (SSSR count). The average molecular weight is 419 g/mol. The standard InChI is InChI=1S/C15H16ClFN4O3S2/c16-12-7-11(1-2-13(12)17)26(23,24)19-8-14(22)20-10-3-5-21(9-10)15-18-4-6-25-15/h1-2,4,6-7,10,19H,3,5,8-9H2,(H,20,22). The van der Waals surface area contributed by atoms with Crippen molar-refractivity contribution in [2.45, 2.75) is 17.4 Å². The summed E-state index contributed by atoms with van der Waals surface area (Å²) in [7, 11) is -3.96. The SMILES string of the molecule is O=C(CNS(=O)(=O)c1ccc(F)c(Cl)c1)NC1CCN(c2nccs2)C1. The summed E-state index contributed by atoms with van der Waals surface area (Å²) in [4.78, 5) is 18.1. The fourth-order valence-corrected chi connectivity index (χ4v) is 4.52. The fourth-order valence-electron chi connectivity index (χ4n) is 2.59. The maximum Gasteiger partial charge on any atom is 0.241 e. The van der Waals surface area contributed by atoms with Crippen molar-refractivity contribution in [3.05, 3.63) is 40.6 Å². The first-order valence-electron chi connectivity index (χ1n) is 7.74. The van der Waals surface area contributed by atoms with E-state index in [9.17, 15) is 17.6 Å². The van der Waals surface area contributed by atoms with Crippen molar-refractivity contribution in [3.63, 3.8) is 0 Å². The second kappa shape index (κ2) is 7.87. The summed E-state index contributed by atoms with van der Waals surface area (Å²) in [6, 6.07) is 2.98. The highest BCUT2D eigenvalue weighted by molar-refractivity contribution is 7.89. The molecule has 1 amide bonds. The Balaban J connectivity index is 1.51. The van der Waals surface area contributed by atoms with Gasteiger partial charge in [-0.2, -0.15) is 0 Å². The number of anilines is 1. The lowest BCUT2D eigenvalue weighted by atomic mass is 10.2. The number of amides is 1. The Bertz CT molecular complexity index is 892. The third-order valence-corrected chi connectivity index (χ3v) is 6.39. The molecular weight excluding hydrogens is 403 g/mol. The molecule has 7 nitrogen and oxygen atoms in total. The maximum absolute atomic E-state index is 13.1. The van der Waals surface area contributed by atoms with Crippen LogP contribution >= 0.6 is 22.9 Å². The van der Waals surface area contributed by atoms with Gasteiger partial charge in [-0.1, -0.05) is 11.6 Å². The number of thiazole rings is 1. The predicted molar refractivity (Wildman–Crippen MR) is 97.5 cm³/mol. The van der Waals surface area contributed by atoms with Crippen molar-refractivity contribution in [2.75, 3.05) is 24.5 Å². The number of nitrogens with zero attached hydrogens (tertiary/aromatic N) is 2. The molecule has 0 radical (unpaired) electrons. The Labute approximate surface area is 159 Å². The highest BCUT2D eigenvalue weighted by Crippen LogP contribution is 2.22. The van der Waals surface area contributed by atoms with Crippen LogP contribution in [-0.2, 0) is 14.8 Å². The van der Waals surface area contributed by atoms with Gasteiger partial charge in [0.2, 0.25) is 15.9 Å². The first-order chi connectivity index (χ1) is 12.3. The third kappa shape index (κ3) is 4.50. The number of hydrogen-bond acceptors (Lipinski definition) is 6. The molecule has 0 spiro atoms. The summed E-state index contributed by atoms with van der Waals surface area (Å²) in [5, 5.41) is 5.28. The average Bonchev–Trinajstić information content (AvgIpc) is 3.27. The minimum atomic E-state index is -3.96. The van der Waals surface area contributed by atoms with Gasteiger partial charge in [-0.05, 0) is 24.6 Å². The largest absolute Gasteiger partial charge is 0.350 e. The highest BCUT2D eigenvalue weighted by atomic mass is 35.5. The predicted octanol–water partition coefficient (Wildman–Crippen LogP) is 1.61. The molecule has 1 aromatic carbocycles. The molecule has 2 heterocycles. The van der Waals surface area contributed by atoms with Crippen LogP contribution in [0.5, 0.6) is 0 Å². The van der Waals surface area contributed by atoms with Gasteiger partial charge in [-0.15, -0.1) is 11.3 Å². The van der Waals surface area contributed by atoms with E-state index in [4.69, 9.17) is 11.6 Å². The smallest absolute Gasteiger partial charge is 0.241 e. The quantitative estimate of drug-likeness (QED) is 0.743. The van der Waals surface area contributed by atoms with Gasteiger partial charge in [0.25, 0.3) is 0 Å². The van der Waals surface area contributed by atoms with Crippen LogP contribution < -0.4 is 14.9 Å². The van der Waals surface area contributed by atoms with Crippen LogP contribution in [0.3, 0.4) is 0 Å². The minimum Gasteiger partial charge on any atom is -0.350 e. The van der Waals surface area contributed by atoms with E-state index in [1.54, 1.807) is 6.20 Å². The number of carbonyl (C=O) groups excluding carboxylic acids is 1. The number of rotatable bonds is 6. The molecular formula is C15H16ClFN4O3S2. The summed E-state index contributed by atoms with van der Waals surface area (Å²) in [5.41, 5.74) is 0. The van der Waals surface area contributed by atoms with E-state index in [1.165, 1.54) is 11.3 Å². The van der Waals surface area contributed by atoms with Crippen LogP contribution in [0.2, 0.25) is 5.02 Å². The number of carbonyl (C=O) groups is 1. The molecule has 2 aromatic rings. The van der Waals surface area contributed by atoms with Crippen LogP contribution in [0.4, 0.5) is 9.52 Å². The van der Waals surface area contributed by atoms with E-state index in [1.807, 2.05) is 5.38 Å². The first kappa shape index (κ1) is 19.0. The van der Waals surface area contributed by atoms with Gasteiger partial charge in [0, 0.05) is 30.7 Å². The Hall–Kier alpha value is -1.75. The van der Waals surface area contributed by atoms with Crippen molar-refractivity contribution in [1.82, 2.24) is 15.0 Å². The molecule has 140 valence electrons. The summed E-state index contributed by atoms with van der Waals surface area (Å²) in [6.07, 6.45) is 2.48. The van der Waals surface area contributed by atoms with E-state index in [-0.39, 0.29) is 16.0 Å². The zero-order valence-corrected chi connectivity index (χ0v) is 15.9. The summed E-state index contributed by atoms with van der Waals surface area (Å²) in [5.74, 6) is -1.15. The van der Waals surface area contributed by atoms with Gasteiger partial charge in [0.1, 0.15) is 5.82 Å². The normalized spacial score (nSPS) is 17.5. The van der Waals surface area contributed by atoms with E-state index in [0.29, 0.717) is 6.54 Å². The zero-order chi connectivity index (χ0) is 18.7. The molecule has 1 fully saturated rings. The van der Waals surface area contributed by atoms with Crippen molar-refractivity contribution < 1.29 is 17.6 Å². The third-order valence-electron chi connectivity index (χ3n) is 3.87. The number of hydrogen-bond donors (Lipinski definition) is 2. The van der Waals surface area contributed by atoms with E-state index >= 15 is 0 Å². The van der Waals surface area contributed by atoms with Gasteiger partial charge in [0.15, 0.2) is 5.13 Å². The number of halogens is 2. The van der Waals surface area contributed by atoms with Crippen LogP contribution in [0.1, 0.15) is 6.42 Å².